The molecule has 37 heavy (non-hydrogen) atoms. The van der Waals surface area contributed by atoms with Gasteiger partial charge < -0.3 is 10.2 Å². The lowest BCUT2D eigenvalue weighted by atomic mass is 10.2. The van der Waals surface area contributed by atoms with Gasteiger partial charge in [0.2, 0.25) is 21.8 Å². The Labute approximate surface area is 222 Å². The number of benzene rings is 2. The summed E-state index contributed by atoms with van der Waals surface area (Å²) in [4.78, 5) is 27.6. The summed E-state index contributed by atoms with van der Waals surface area (Å²) in [7, 11) is -4.01. The summed E-state index contributed by atoms with van der Waals surface area (Å²) in [5, 5.41) is 4.57. The Morgan fingerprint density at radius 2 is 1.68 bits per heavy atom. The minimum atomic E-state index is -4.01. The molecule has 1 aromatic heterocycles. The second kappa shape index (κ2) is 12.4. The normalized spacial score (nSPS) is 12.4. The smallest absolute Gasteiger partial charge is 0.243 e. The highest BCUT2D eigenvalue weighted by Gasteiger charge is 2.32. The van der Waals surface area contributed by atoms with E-state index in [2.05, 4.69) is 5.32 Å². The van der Waals surface area contributed by atoms with E-state index in [-0.39, 0.29) is 35.6 Å². The highest BCUT2D eigenvalue weighted by molar-refractivity contribution is 7.89. The molecule has 0 saturated carbocycles. The van der Waals surface area contributed by atoms with Crippen LogP contribution in [0.25, 0.3) is 0 Å². The minimum Gasteiger partial charge on any atom is -0.332 e. The van der Waals surface area contributed by atoms with Gasteiger partial charge in [0.05, 0.1) is 18.0 Å². The molecule has 0 aliphatic carbocycles. The Balaban J connectivity index is 1.89. The zero-order valence-electron chi connectivity index (χ0n) is 21.4. The van der Waals surface area contributed by atoms with Crippen molar-refractivity contribution >= 4 is 38.9 Å². The number of aryl methyl sites for hydroxylation is 1. The fraction of sp³-hybridized carbons (Fsp3) is 0.333. The van der Waals surface area contributed by atoms with E-state index in [1.54, 1.807) is 24.0 Å². The highest BCUT2D eigenvalue weighted by atomic mass is 32.2. The van der Waals surface area contributed by atoms with Gasteiger partial charge in [0.25, 0.3) is 0 Å². The summed E-state index contributed by atoms with van der Waals surface area (Å²) in [5.74, 6) is -0.977. The number of sulfonamides is 1. The number of halogens is 1. The first kappa shape index (κ1) is 28.5. The SMILES string of the molecule is CCC(C)N(CC(=O)N(Cc1ccc(F)cc1)Cc1sccc1C)S(=O)(=O)c1ccc(NC(C)=O)cc1. The van der Waals surface area contributed by atoms with E-state index in [4.69, 9.17) is 0 Å². The molecule has 0 spiro atoms. The van der Waals surface area contributed by atoms with E-state index in [9.17, 15) is 22.4 Å². The van der Waals surface area contributed by atoms with Crippen LogP contribution in [0.3, 0.4) is 0 Å². The van der Waals surface area contributed by atoms with Crippen LogP contribution < -0.4 is 5.32 Å². The number of thiophene rings is 1. The van der Waals surface area contributed by atoms with Gasteiger partial charge in [-0.15, -0.1) is 11.3 Å². The van der Waals surface area contributed by atoms with Gasteiger partial charge in [-0.05, 0) is 79.2 Å². The second-order valence-corrected chi connectivity index (χ2v) is 11.8. The van der Waals surface area contributed by atoms with Crippen molar-refractivity contribution in [3.05, 3.63) is 81.8 Å². The molecular weight excluding hydrogens is 513 g/mol. The molecule has 0 fully saturated rings. The number of nitrogens with zero attached hydrogens (tertiary/aromatic N) is 2. The largest absolute Gasteiger partial charge is 0.332 e. The van der Waals surface area contributed by atoms with E-state index in [1.807, 2.05) is 25.3 Å². The first-order valence-corrected chi connectivity index (χ1v) is 14.3. The number of anilines is 1. The van der Waals surface area contributed by atoms with Crippen molar-refractivity contribution in [3.8, 4) is 0 Å². The predicted octanol–water partition coefficient (Wildman–Crippen LogP) is 5.17. The summed E-state index contributed by atoms with van der Waals surface area (Å²) >= 11 is 1.53. The standard InChI is InChI=1S/C27H32FN3O4S2/c1-5-20(3)31(37(34,35)25-12-10-24(11-13-25)29-21(4)32)18-27(33)30(17-26-19(2)14-15-36-26)16-22-6-8-23(28)9-7-22/h6-15,20H,5,16-18H2,1-4H3,(H,29,32). The summed E-state index contributed by atoms with van der Waals surface area (Å²) in [6.07, 6.45) is 0.512. The lowest BCUT2D eigenvalue weighted by Crippen LogP contribution is -2.46. The van der Waals surface area contributed by atoms with Crippen LogP contribution in [0, 0.1) is 12.7 Å². The van der Waals surface area contributed by atoms with Crippen molar-refractivity contribution in [2.75, 3.05) is 11.9 Å². The highest BCUT2D eigenvalue weighted by Crippen LogP contribution is 2.24. The maximum absolute atomic E-state index is 13.6. The molecular formula is C27H32FN3O4S2. The third-order valence-corrected chi connectivity index (χ3v) is 9.08. The van der Waals surface area contributed by atoms with Crippen LogP contribution >= 0.6 is 11.3 Å². The third-order valence-electron chi connectivity index (χ3n) is 6.10. The van der Waals surface area contributed by atoms with Crippen LogP contribution in [0.5, 0.6) is 0 Å². The second-order valence-electron chi connectivity index (χ2n) is 8.92. The Kier molecular flexibility index (Phi) is 9.58. The van der Waals surface area contributed by atoms with Crippen molar-refractivity contribution in [1.29, 1.82) is 0 Å². The van der Waals surface area contributed by atoms with Crippen molar-refractivity contribution < 1.29 is 22.4 Å². The zero-order chi connectivity index (χ0) is 27.2. The molecule has 2 aromatic carbocycles. The molecule has 1 atom stereocenters. The molecule has 1 N–H and O–H groups in total. The minimum absolute atomic E-state index is 0.0360. The van der Waals surface area contributed by atoms with E-state index < -0.39 is 16.1 Å². The van der Waals surface area contributed by atoms with Gasteiger partial charge >= 0.3 is 0 Å². The number of hydrogen-bond donors (Lipinski definition) is 1. The fourth-order valence-electron chi connectivity index (χ4n) is 3.75. The fourth-order valence-corrected chi connectivity index (χ4v) is 6.32. The molecule has 3 rings (SSSR count). The Morgan fingerprint density at radius 1 is 1.03 bits per heavy atom. The topological polar surface area (TPSA) is 86.8 Å². The Bertz CT molecular complexity index is 1320. The molecule has 0 bridgehead atoms. The first-order valence-electron chi connectivity index (χ1n) is 12.0. The summed E-state index contributed by atoms with van der Waals surface area (Å²) < 4.78 is 41.9. The molecule has 0 aliphatic heterocycles. The third kappa shape index (κ3) is 7.47. The van der Waals surface area contributed by atoms with E-state index >= 15 is 0 Å². The molecule has 0 saturated heterocycles. The van der Waals surface area contributed by atoms with Crippen molar-refractivity contribution in [2.45, 2.75) is 58.1 Å². The van der Waals surface area contributed by atoms with Gasteiger partial charge in [0.1, 0.15) is 5.82 Å². The summed E-state index contributed by atoms with van der Waals surface area (Å²) in [6, 6.07) is 13.4. The number of hydrogen-bond acceptors (Lipinski definition) is 5. The van der Waals surface area contributed by atoms with Gasteiger partial charge in [-0.25, -0.2) is 12.8 Å². The summed E-state index contributed by atoms with van der Waals surface area (Å²) in [5.41, 5.74) is 2.28. The lowest BCUT2D eigenvalue weighted by molar-refractivity contribution is -0.133. The lowest BCUT2D eigenvalue weighted by Gasteiger charge is -2.30. The molecule has 3 aromatic rings. The van der Waals surface area contributed by atoms with Crippen LogP contribution in [-0.4, -0.2) is 42.0 Å². The molecule has 198 valence electrons. The van der Waals surface area contributed by atoms with Crippen LogP contribution in [0.1, 0.15) is 43.2 Å². The number of nitrogens with one attached hydrogen (secondary N) is 1. The number of carbonyl (C=O) groups excluding carboxylic acids is 2. The molecule has 2 amide bonds. The molecule has 1 heterocycles. The molecule has 1 unspecified atom stereocenters. The maximum Gasteiger partial charge on any atom is 0.243 e. The van der Waals surface area contributed by atoms with E-state index in [0.717, 1.165) is 16.0 Å². The predicted molar refractivity (Wildman–Crippen MR) is 144 cm³/mol. The quantitative estimate of drug-likeness (QED) is 0.360. The van der Waals surface area contributed by atoms with Crippen LogP contribution in [-0.2, 0) is 32.7 Å². The first-order chi connectivity index (χ1) is 17.5. The Hall–Kier alpha value is -3.08. The Morgan fingerprint density at radius 3 is 2.22 bits per heavy atom. The van der Waals surface area contributed by atoms with Gasteiger partial charge in [-0.2, -0.15) is 4.31 Å². The van der Waals surface area contributed by atoms with Gasteiger partial charge in [-0.1, -0.05) is 19.1 Å². The molecule has 0 radical (unpaired) electrons. The zero-order valence-corrected chi connectivity index (χ0v) is 23.0. The average Bonchev–Trinajstić information content (AvgIpc) is 3.26. The average molecular weight is 546 g/mol. The van der Waals surface area contributed by atoms with Crippen LogP contribution in [0.2, 0.25) is 0 Å². The van der Waals surface area contributed by atoms with Crippen molar-refractivity contribution in [3.63, 3.8) is 0 Å². The molecule has 10 heteroatoms. The van der Waals surface area contributed by atoms with Crippen molar-refractivity contribution in [2.24, 2.45) is 0 Å². The number of amides is 2. The van der Waals surface area contributed by atoms with Crippen molar-refractivity contribution in [1.82, 2.24) is 9.21 Å². The monoisotopic (exact) mass is 545 g/mol. The number of carbonyl (C=O) groups is 2. The molecule has 0 aliphatic rings. The molecule has 7 nitrogen and oxygen atoms in total. The van der Waals surface area contributed by atoms with E-state index in [0.29, 0.717) is 18.7 Å². The van der Waals surface area contributed by atoms with Gasteiger partial charge in [0, 0.05) is 30.1 Å². The van der Waals surface area contributed by atoms with Gasteiger partial charge in [0.15, 0.2) is 0 Å². The van der Waals surface area contributed by atoms with Crippen LogP contribution in [0.15, 0.2) is 64.9 Å². The van der Waals surface area contributed by atoms with E-state index in [1.165, 1.54) is 59.0 Å². The summed E-state index contributed by atoms with van der Waals surface area (Å²) in [6.45, 7) is 7.17. The van der Waals surface area contributed by atoms with Crippen LogP contribution in [0.4, 0.5) is 10.1 Å². The number of rotatable bonds is 11. The maximum atomic E-state index is 13.6. The van der Waals surface area contributed by atoms with Gasteiger partial charge in [-0.3, -0.25) is 9.59 Å².